The Morgan fingerprint density at radius 1 is 0.667 bits per heavy atom. The summed E-state index contributed by atoms with van der Waals surface area (Å²) in [5.74, 6) is -1.81. The smallest absolute Gasteiger partial charge is 0.419 e. The number of aromatic hydroxyl groups is 1. The topological polar surface area (TPSA) is 20.2 Å². The zero-order chi connectivity index (χ0) is 15.8. The highest BCUT2D eigenvalue weighted by atomic mass is 19.4. The zero-order valence-corrected chi connectivity index (χ0v) is 10.3. The van der Waals surface area contributed by atoms with Gasteiger partial charge in [0.05, 0.1) is 11.1 Å². The summed E-state index contributed by atoms with van der Waals surface area (Å²) < 4.78 is 76.7. The molecule has 0 amide bonds. The molecule has 0 radical (unpaired) electrons. The number of hydrogen-bond acceptors (Lipinski definition) is 1. The molecule has 0 aliphatic carbocycles. The molecule has 21 heavy (non-hydrogen) atoms. The van der Waals surface area contributed by atoms with E-state index in [0.717, 1.165) is 0 Å². The molecule has 2 aromatic carbocycles. The maximum Gasteiger partial charge on any atom is 0.419 e. The maximum absolute atomic E-state index is 12.8. The second-order valence-corrected chi connectivity index (χ2v) is 4.28. The van der Waals surface area contributed by atoms with Gasteiger partial charge in [0.1, 0.15) is 5.75 Å². The van der Waals surface area contributed by atoms with Gasteiger partial charge in [-0.2, -0.15) is 26.3 Å². The van der Waals surface area contributed by atoms with Gasteiger partial charge in [0, 0.05) is 0 Å². The van der Waals surface area contributed by atoms with Crippen molar-refractivity contribution >= 4 is 0 Å². The Kier molecular flexibility index (Phi) is 3.61. The van der Waals surface area contributed by atoms with Crippen LogP contribution in [-0.2, 0) is 12.4 Å². The summed E-state index contributed by atoms with van der Waals surface area (Å²) in [4.78, 5) is 0. The first kappa shape index (κ1) is 15.2. The Morgan fingerprint density at radius 3 is 1.48 bits per heavy atom. The summed E-state index contributed by atoms with van der Waals surface area (Å²) in [6, 6.07) is 8.32. The first-order valence-corrected chi connectivity index (χ1v) is 5.67. The van der Waals surface area contributed by atoms with Crippen LogP contribution in [0.25, 0.3) is 11.1 Å². The van der Waals surface area contributed by atoms with Crippen LogP contribution in [0, 0.1) is 0 Å². The second-order valence-electron chi connectivity index (χ2n) is 4.28. The molecule has 7 heteroatoms. The molecular formula is C14H8F6O. The zero-order valence-electron chi connectivity index (χ0n) is 10.3. The predicted molar refractivity (Wildman–Crippen MR) is 63.5 cm³/mol. The van der Waals surface area contributed by atoms with Crippen LogP contribution in [0.4, 0.5) is 26.3 Å². The lowest BCUT2D eigenvalue weighted by Gasteiger charge is -2.17. The summed E-state index contributed by atoms with van der Waals surface area (Å²) in [6.45, 7) is 0. The lowest BCUT2D eigenvalue weighted by atomic mass is 9.98. The van der Waals surface area contributed by atoms with Crippen molar-refractivity contribution in [2.45, 2.75) is 12.4 Å². The molecule has 0 saturated heterocycles. The van der Waals surface area contributed by atoms with Crippen molar-refractivity contribution < 1.29 is 31.4 Å². The molecule has 0 fully saturated rings. The number of phenols is 1. The summed E-state index contributed by atoms with van der Waals surface area (Å²) in [7, 11) is 0. The van der Waals surface area contributed by atoms with E-state index in [0.29, 0.717) is 12.1 Å². The normalized spacial score (nSPS) is 12.5. The van der Waals surface area contributed by atoms with Gasteiger partial charge in [0.15, 0.2) is 0 Å². The van der Waals surface area contributed by atoms with E-state index in [2.05, 4.69) is 0 Å². The van der Waals surface area contributed by atoms with Crippen molar-refractivity contribution in [3.05, 3.63) is 53.6 Å². The minimum absolute atomic E-state index is 0.188. The average Bonchev–Trinajstić information content (AvgIpc) is 2.37. The molecule has 0 saturated carbocycles. The summed E-state index contributed by atoms with van der Waals surface area (Å²) in [5.41, 5.74) is -3.51. The molecule has 0 bridgehead atoms. The molecule has 0 atom stereocenters. The van der Waals surface area contributed by atoms with E-state index in [4.69, 9.17) is 0 Å². The number of alkyl halides is 6. The van der Waals surface area contributed by atoms with Crippen LogP contribution in [0.3, 0.4) is 0 Å². The third-order valence-corrected chi connectivity index (χ3v) is 2.83. The Labute approximate surface area is 115 Å². The van der Waals surface area contributed by atoms with Gasteiger partial charge < -0.3 is 5.11 Å². The van der Waals surface area contributed by atoms with Gasteiger partial charge in [0.25, 0.3) is 0 Å². The van der Waals surface area contributed by atoms with Crippen LogP contribution in [-0.4, -0.2) is 5.11 Å². The largest absolute Gasteiger partial charge is 0.507 e. The third-order valence-electron chi connectivity index (χ3n) is 2.83. The van der Waals surface area contributed by atoms with Gasteiger partial charge in [-0.05, 0) is 23.3 Å². The van der Waals surface area contributed by atoms with Crippen molar-refractivity contribution in [2.75, 3.05) is 0 Å². The number of benzene rings is 2. The average molecular weight is 306 g/mol. The fourth-order valence-corrected chi connectivity index (χ4v) is 1.86. The Balaban J connectivity index is 2.75. The van der Waals surface area contributed by atoms with Crippen molar-refractivity contribution in [1.29, 1.82) is 0 Å². The van der Waals surface area contributed by atoms with E-state index < -0.39 is 29.2 Å². The molecule has 0 heterocycles. The molecule has 0 aliphatic heterocycles. The first-order chi connectivity index (χ1) is 9.60. The van der Waals surface area contributed by atoms with E-state index in [9.17, 15) is 31.4 Å². The molecule has 2 aromatic rings. The van der Waals surface area contributed by atoms with Gasteiger partial charge in [-0.15, -0.1) is 0 Å². The van der Waals surface area contributed by atoms with Crippen LogP contribution >= 0.6 is 0 Å². The van der Waals surface area contributed by atoms with Gasteiger partial charge in [0.2, 0.25) is 0 Å². The SMILES string of the molecule is Oc1c(C(F)(F)F)cc(-c2ccccc2)cc1C(F)(F)F. The standard InChI is InChI=1S/C14H8F6O/c15-13(16,17)10-6-9(8-4-2-1-3-5-8)7-11(12(10)21)14(18,19)20/h1-7,21H. The van der Waals surface area contributed by atoms with Gasteiger partial charge >= 0.3 is 12.4 Å². The first-order valence-electron chi connectivity index (χ1n) is 5.67. The molecule has 112 valence electrons. The van der Waals surface area contributed by atoms with Crippen LogP contribution in [0.2, 0.25) is 0 Å². The monoisotopic (exact) mass is 306 g/mol. The Bertz CT molecular complexity index is 608. The number of hydrogen-bond donors (Lipinski definition) is 1. The van der Waals surface area contributed by atoms with Crippen LogP contribution in [0.15, 0.2) is 42.5 Å². The van der Waals surface area contributed by atoms with Crippen LogP contribution in [0.5, 0.6) is 5.75 Å². The van der Waals surface area contributed by atoms with Crippen molar-refractivity contribution in [1.82, 2.24) is 0 Å². The van der Waals surface area contributed by atoms with E-state index >= 15 is 0 Å². The molecule has 1 nitrogen and oxygen atoms in total. The molecule has 2 rings (SSSR count). The molecular weight excluding hydrogens is 298 g/mol. The number of halogens is 6. The van der Waals surface area contributed by atoms with Crippen molar-refractivity contribution in [3.63, 3.8) is 0 Å². The van der Waals surface area contributed by atoms with E-state index in [1.807, 2.05) is 0 Å². The Hall–Kier alpha value is -2.18. The van der Waals surface area contributed by atoms with Gasteiger partial charge in [-0.3, -0.25) is 0 Å². The van der Waals surface area contributed by atoms with Crippen molar-refractivity contribution in [3.8, 4) is 16.9 Å². The van der Waals surface area contributed by atoms with E-state index in [1.165, 1.54) is 24.3 Å². The maximum atomic E-state index is 12.8. The fraction of sp³-hybridized carbons (Fsp3) is 0.143. The molecule has 0 unspecified atom stereocenters. The number of rotatable bonds is 1. The van der Waals surface area contributed by atoms with Gasteiger partial charge in [-0.1, -0.05) is 30.3 Å². The predicted octanol–water partition coefficient (Wildman–Crippen LogP) is 5.10. The minimum Gasteiger partial charge on any atom is -0.507 e. The van der Waals surface area contributed by atoms with Crippen molar-refractivity contribution in [2.24, 2.45) is 0 Å². The highest BCUT2D eigenvalue weighted by Gasteiger charge is 2.41. The Morgan fingerprint density at radius 2 is 1.10 bits per heavy atom. The highest BCUT2D eigenvalue weighted by Crippen LogP contribution is 2.45. The summed E-state index contributed by atoms with van der Waals surface area (Å²) >= 11 is 0. The second kappa shape index (κ2) is 4.98. The molecule has 1 N–H and O–H groups in total. The summed E-state index contributed by atoms with van der Waals surface area (Å²) in [6.07, 6.45) is -10.2. The fourth-order valence-electron chi connectivity index (χ4n) is 1.86. The number of phenolic OH excluding ortho intramolecular Hbond substituents is 1. The quantitative estimate of drug-likeness (QED) is 0.727. The lowest BCUT2D eigenvalue weighted by Crippen LogP contribution is -2.12. The van der Waals surface area contributed by atoms with Gasteiger partial charge in [-0.25, -0.2) is 0 Å². The molecule has 0 aliphatic rings. The van der Waals surface area contributed by atoms with E-state index in [-0.39, 0.29) is 11.1 Å². The molecule has 0 spiro atoms. The highest BCUT2D eigenvalue weighted by molar-refractivity contribution is 5.68. The molecule has 0 aromatic heterocycles. The van der Waals surface area contributed by atoms with E-state index in [1.54, 1.807) is 6.07 Å². The minimum atomic E-state index is -5.09. The lowest BCUT2D eigenvalue weighted by molar-refractivity contribution is -0.145. The third kappa shape index (κ3) is 3.12. The van der Waals surface area contributed by atoms with Crippen LogP contribution in [0.1, 0.15) is 11.1 Å². The van der Waals surface area contributed by atoms with Crippen LogP contribution < -0.4 is 0 Å². The summed E-state index contributed by atoms with van der Waals surface area (Å²) in [5, 5.41) is 9.29.